The zero-order valence-corrected chi connectivity index (χ0v) is 17.3. The first-order valence-corrected chi connectivity index (χ1v) is 10.6. The fraction of sp³-hybridized carbons (Fsp3) is 0.333. The van der Waals surface area contributed by atoms with Gasteiger partial charge in [0.15, 0.2) is 10.8 Å². The van der Waals surface area contributed by atoms with E-state index in [1.54, 1.807) is 0 Å². The van der Waals surface area contributed by atoms with E-state index in [4.69, 9.17) is 11.5 Å². The molecule has 1 saturated heterocycles. The van der Waals surface area contributed by atoms with E-state index in [1.165, 1.54) is 28.4 Å². The molecule has 1 fully saturated rings. The molecule has 29 heavy (non-hydrogen) atoms. The number of amides is 2. The van der Waals surface area contributed by atoms with Crippen molar-refractivity contribution >= 4 is 69.8 Å². The summed E-state index contributed by atoms with van der Waals surface area (Å²) < 4.78 is 0. The van der Waals surface area contributed by atoms with Gasteiger partial charge in [-0.25, -0.2) is 4.98 Å². The molecule has 6 N–H and O–H groups in total. The normalized spacial score (nSPS) is 21.9. The third kappa shape index (κ3) is 4.09. The number of hydrogen-bond acceptors (Lipinski definition) is 10. The van der Waals surface area contributed by atoms with Gasteiger partial charge in [-0.3, -0.25) is 24.3 Å². The molecular formula is C15H17N7O4S3. The number of β-lactam (4-membered cyclic amide) rings is 1. The Balaban J connectivity index is 1.75. The number of anilines is 1. The predicted octanol–water partition coefficient (Wildman–Crippen LogP) is -0.609. The van der Waals surface area contributed by atoms with Crippen molar-refractivity contribution in [2.75, 3.05) is 18.0 Å². The molecule has 3 heterocycles. The van der Waals surface area contributed by atoms with E-state index in [1.807, 2.05) is 0 Å². The van der Waals surface area contributed by atoms with Crippen LogP contribution in [0.25, 0.3) is 0 Å². The zero-order chi connectivity index (χ0) is 21.1. The molecule has 2 aliphatic heterocycles. The number of nitrogens with one attached hydrogen (secondary N) is 1. The number of aromatic nitrogens is 1. The second-order valence-corrected chi connectivity index (χ2v) is 8.34. The Morgan fingerprint density at radius 1 is 1.52 bits per heavy atom. The van der Waals surface area contributed by atoms with Crippen molar-refractivity contribution in [1.29, 1.82) is 0 Å². The molecule has 3 rings (SSSR count). The molecule has 1 unspecified atom stereocenters. The molecule has 0 spiro atoms. The Morgan fingerprint density at radius 2 is 2.28 bits per heavy atom. The fourth-order valence-corrected chi connectivity index (χ4v) is 5.17. The molecule has 14 heteroatoms. The number of nitrogens with two attached hydrogens (primary N) is 2. The van der Waals surface area contributed by atoms with Gasteiger partial charge in [-0.1, -0.05) is 17.8 Å². The third-order valence-electron chi connectivity index (χ3n) is 4.26. The molecule has 1 aromatic rings. The van der Waals surface area contributed by atoms with Crippen LogP contribution in [0.5, 0.6) is 0 Å². The number of aliphatic imine (C=N–C) groups is 1. The highest BCUT2D eigenvalue weighted by atomic mass is 32.2. The van der Waals surface area contributed by atoms with Gasteiger partial charge in [-0.15, -0.1) is 23.1 Å². The smallest absolute Gasteiger partial charge is 0.276 e. The molecule has 0 aromatic carbocycles. The maximum absolute atomic E-state index is 12.7. The lowest BCUT2D eigenvalue weighted by molar-refractivity contribution is -0.146. The maximum Gasteiger partial charge on any atom is 0.276 e. The summed E-state index contributed by atoms with van der Waals surface area (Å²) in [5.74, 6) is -0.753. The van der Waals surface area contributed by atoms with Crippen molar-refractivity contribution in [3.05, 3.63) is 22.3 Å². The number of rotatable bonds is 7. The molecule has 0 bridgehead atoms. The summed E-state index contributed by atoms with van der Waals surface area (Å²) in [6.07, 6.45) is 1.64. The van der Waals surface area contributed by atoms with Crippen LogP contribution in [-0.2, 0) is 14.4 Å². The Labute approximate surface area is 178 Å². The van der Waals surface area contributed by atoms with Crippen LogP contribution >= 0.6 is 35.7 Å². The predicted molar refractivity (Wildman–Crippen MR) is 113 cm³/mol. The minimum Gasteiger partial charge on any atom is -0.410 e. The Bertz CT molecular complexity index is 942. The quantitative estimate of drug-likeness (QED) is 0.0903. The molecule has 2 amide bonds. The molecular weight excluding hydrogens is 438 g/mol. The summed E-state index contributed by atoms with van der Waals surface area (Å²) in [6.45, 7) is 0.386. The van der Waals surface area contributed by atoms with Crippen molar-refractivity contribution < 1.29 is 19.6 Å². The number of hydrogen-bond donors (Lipinski definition) is 5. The molecule has 1 aromatic heterocycles. The lowest BCUT2D eigenvalue weighted by atomic mass is 10.0. The number of carbonyl (C=O) groups is 3. The standard InChI is InChI=1S/C15H17N7O4S3/c16-5-18-2-1-6-3-28-13-9(12(24)22(13)10(6)14(25)27)20-11(23)8(21-26)7-4-29-15(17)19-7/h4-5,9,13,26H,1-3H2,(H2,16,18)(H2,17,19)(H,20,23)(H,25,27)/b21-8-/t9?,13-/m1/s1. The van der Waals surface area contributed by atoms with E-state index in [-0.39, 0.29) is 22.2 Å². The number of thiol groups is 1. The number of nitrogens with zero attached hydrogens (tertiary/aromatic N) is 4. The topological polar surface area (TPSA) is 176 Å². The van der Waals surface area contributed by atoms with Gasteiger partial charge in [-0.2, -0.15) is 0 Å². The molecule has 2 aliphatic rings. The van der Waals surface area contributed by atoms with Crippen molar-refractivity contribution in [2.45, 2.75) is 17.8 Å². The molecule has 0 radical (unpaired) electrons. The van der Waals surface area contributed by atoms with Crippen molar-refractivity contribution in [3.8, 4) is 0 Å². The van der Waals surface area contributed by atoms with Gasteiger partial charge in [0.05, 0.1) is 12.0 Å². The van der Waals surface area contributed by atoms with Crippen LogP contribution in [0.4, 0.5) is 5.13 Å². The Morgan fingerprint density at radius 3 is 2.86 bits per heavy atom. The van der Waals surface area contributed by atoms with E-state index in [2.05, 4.69) is 33.1 Å². The second-order valence-electron chi connectivity index (χ2n) is 5.94. The first kappa shape index (κ1) is 21.1. The summed E-state index contributed by atoms with van der Waals surface area (Å²) >= 11 is 6.38. The third-order valence-corrected chi connectivity index (χ3v) is 6.49. The van der Waals surface area contributed by atoms with Crippen LogP contribution in [0.1, 0.15) is 12.1 Å². The molecule has 11 nitrogen and oxygen atoms in total. The highest BCUT2D eigenvalue weighted by Gasteiger charge is 2.53. The van der Waals surface area contributed by atoms with E-state index >= 15 is 0 Å². The average Bonchev–Trinajstić information content (AvgIpc) is 3.12. The molecule has 0 saturated carbocycles. The van der Waals surface area contributed by atoms with E-state index < -0.39 is 28.3 Å². The van der Waals surface area contributed by atoms with Crippen LogP contribution in [0.2, 0.25) is 0 Å². The van der Waals surface area contributed by atoms with Crippen molar-refractivity contribution in [2.24, 2.45) is 15.9 Å². The molecule has 154 valence electrons. The van der Waals surface area contributed by atoms with Crippen molar-refractivity contribution in [3.63, 3.8) is 0 Å². The zero-order valence-electron chi connectivity index (χ0n) is 14.8. The monoisotopic (exact) mass is 455 g/mol. The lowest BCUT2D eigenvalue weighted by Gasteiger charge is -2.49. The minimum absolute atomic E-state index is 0.0984. The summed E-state index contributed by atoms with van der Waals surface area (Å²) in [6, 6.07) is -0.883. The average molecular weight is 456 g/mol. The van der Waals surface area contributed by atoms with Crippen molar-refractivity contribution in [1.82, 2.24) is 15.2 Å². The Hall–Kier alpha value is -2.58. The van der Waals surface area contributed by atoms with Gasteiger partial charge in [0, 0.05) is 17.7 Å². The highest BCUT2D eigenvalue weighted by molar-refractivity contribution is 8.00. The van der Waals surface area contributed by atoms with Gasteiger partial charge >= 0.3 is 0 Å². The number of thiazole rings is 1. The molecule has 2 atom stereocenters. The number of fused-ring (bicyclic) bond motifs is 1. The lowest BCUT2D eigenvalue weighted by Crippen LogP contribution is -2.70. The number of nitrogen functional groups attached to an aromatic ring is 1. The summed E-state index contributed by atoms with van der Waals surface area (Å²) in [4.78, 5) is 46.3. The SMILES string of the molecule is NC=NCCC1=C(C(=O)S)N2C(=O)C(NC(=O)/C(=N\O)c3csc(N)n3)[C@H]2SC1. The maximum atomic E-state index is 12.7. The highest BCUT2D eigenvalue weighted by Crippen LogP contribution is 2.41. The van der Waals surface area contributed by atoms with E-state index in [9.17, 15) is 19.6 Å². The Kier molecular flexibility index (Phi) is 6.44. The summed E-state index contributed by atoms with van der Waals surface area (Å²) in [5, 5.41) is 15.4. The number of carbonyl (C=O) groups excluding carboxylic acids is 3. The van der Waals surface area contributed by atoms with Gasteiger partial charge in [0.25, 0.3) is 11.8 Å². The first-order chi connectivity index (χ1) is 13.9. The number of oxime groups is 1. The summed E-state index contributed by atoms with van der Waals surface area (Å²) in [7, 11) is 0. The van der Waals surface area contributed by atoms with Crippen LogP contribution in [0, 0.1) is 0 Å². The van der Waals surface area contributed by atoms with Crippen LogP contribution < -0.4 is 16.8 Å². The van der Waals surface area contributed by atoms with Gasteiger partial charge in [0.2, 0.25) is 5.12 Å². The second kappa shape index (κ2) is 8.84. The van der Waals surface area contributed by atoms with Gasteiger partial charge in [-0.05, 0) is 12.0 Å². The molecule has 0 aliphatic carbocycles. The van der Waals surface area contributed by atoms with E-state index in [0.717, 1.165) is 16.9 Å². The van der Waals surface area contributed by atoms with E-state index in [0.29, 0.717) is 18.7 Å². The van der Waals surface area contributed by atoms with Crippen LogP contribution in [-0.4, -0.2) is 67.8 Å². The van der Waals surface area contributed by atoms with Gasteiger partial charge < -0.3 is 22.0 Å². The fourth-order valence-electron chi connectivity index (χ4n) is 2.97. The van der Waals surface area contributed by atoms with Crippen LogP contribution in [0.15, 0.2) is 26.8 Å². The largest absolute Gasteiger partial charge is 0.410 e. The summed E-state index contributed by atoms with van der Waals surface area (Å²) in [5.41, 5.74) is 11.5. The minimum atomic E-state index is -0.883. The van der Waals surface area contributed by atoms with Gasteiger partial charge in [0.1, 0.15) is 17.1 Å². The van der Waals surface area contributed by atoms with Crippen LogP contribution in [0.3, 0.4) is 0 Å². The number of thioether (sulfide) groups is 1. The first-order valence-electron chi connectivity index (χ1n) is 8.23.